The Kier molecular flexibility index (Phi) is 6.48. The standard InChI is InChI=1S/C25H31N3O2/c1-19-17-21(7-12-24(19)29)25(30)26-22-8-10-23(11-9-22)28-15-13-27(14-16-28)18-20-5-3-2-4-6-20/h2-6,8-11,19,21H,7,12-18H2,1H3,(H,26,30)/t19-,21-/m0/s1. The van der Waals surface area contributed by atoms with Crippen molar-refractivity contribution in [2.45, 2.75) is 32.7 Å². The quantitative estimate of drug-likeness (QED) is 0.818. The van der Waals surface area contributed by atoms with Crippen LogP contribution < -0.4 is 10.2 Å². The first kappa shape index (κ1) is 20.6. The van der Waals surface area contributed by atoms with Crippen LogP contribution in [0.2, 0.25) is 0 Å². The Morgan fingerprint density at radius 3 is 2.37 bits per heavy atom. The zero-order valence-corrected chi connectivity index (χ0v) is 17.7. The molecule has 1 aliphatic carbocycles. The molecule has 4 rings (SSSR count). The van der Waals surface area contributed by atoms with Crippen LogP contribution in [0, 0.1) is 11.8 Å². The van der Waals surface area contributed by atoms with Gasteiger partial charge >= 0.3 is 0 Å². The van der Waals surface area contributed by atoms with Gasteiger partial charge in [0.1, 0.15) is 5.78 Å². The summed E-state index contributed by atoms with van der Waals surface area (Å²) in [4.78, 5) is 29.1. The van der Waals surface area contributed by atoms with Gasteiger partial charge in [-0.25, -0.2) is 0 Å². The topological polar surface area (TPSA) is 52.7 Å². The van der Waals surface area contributed by atoms with Crippen LogP contribution in [0.15, 0.2) is 54.6 Å². The summed E-state index contributed by atoms with van der Waals surface area (Å²) in [7, 11) is 0. The van der Waals surface area contributed by atoms with Crippen LogP contribution in [-0.2, 0) is 16.1 Å². The molecule has 5 heteroatoms. The number of amides is 1. The fourth-order valence-electron chi connectivity index (χ4n) is 4.48. The number of Topliss-reactive ketones (excluding diaryl/α,β-unsaturated/α-hetero) is 1. The molecule has 2 aromatic carbocycles. The van der Waals surface area contributed by atoms with E-state index in [0.717, 1.165) is 38.4 Å². The Labute approximate surface area is 179 Å². The number of hydrogen-bond donors (Lipinski definition) is 1. The molecular weight excluding hydrogens is 374 g/mol. The number of nitrogens with zero attached hydrogens (tertiary/aromatic N) is 2. The Balaban J connectivity index is 1.27. The van der Waals surface area contributed by atoms with E-state index in [0.29, 0.717) is 19.3 Å². The largest absolute Gasteiger partial charge is 0.369 e. The molecule has 0 spiro atoms. The molecule has 2 aliphatic rings. The van der Waals surface area contributed by atoms with Crippen molar-refractivity contribution in [3.8, 4) is 0 Å². The fourth-order valence-corrected chi connectivity index (χ4v) is 4.48. The molecule has 1 amide bonds. The number of rotatable bonds is 5. The Hall–Kier alpha value is -2.66. The zero-order chi connectivity index (χ0) is 20.9. The average Bonchev–Trinajstić information content (AvgIpc) is 2.77. The molecule has 2 atom stereocenters. The van der Waals surface area contributed by atoms with Crippen molar-refractivity contribution in [2.75, 3.05) is 36.4 Å². The first-order chi connectivity index (χ1) is 14.6. The zero-order valence-electron chi connectivity index (χ0n) is 17.7. The summed E-state index contributed by atoms with van der Waals surface area (Å²) in [5, 5.41) is 3.03. The van der Waals surface area contributed by atoms with Crippen molar-refractivity contribution in [3.05, 3.63) is 60.2 Å². The van der Waals surface area contributed by atoms with Gasteiger partial charge in [0.25, 0.3) is 0 Å². The van der Waals surface area contributed by atoms with Gasteiger partial charge in [-0.05, 0) is 42.7 Å². The van der Waals surface area contributed by atoms with Gasteiger partial charge in [-0.15, -0.1) is 0 Å². The Morgan fingerprint density at radius 1 is 1.00 bits per heavy atom. The molecule has 0 bridgehead atoms. The van der Waals surface area contributed by atoms with E-state index >= 15 is 0 Å². The fraction of sp³-hybridized carbons (Fsp3) is 0.440. The molecule has 5 nitrogen and oxygen atoms in total. The van der Waals surface area contributed by atoms with Crippen LogP contribution in [-0.4, -0.2) is 42.8 Å². The highest BCUT2D eigenvalue weighted by molar-refractivity contribution is 5.94. The first-order valence-corrected chi connectivity index (χ1v) is 11.0. The van der Waals surface area contributed by atoms with E-state index in [2.05, 4.69) is 57.6 Å². The van der Waals surface area contributed by atoms with Gasteiger partial charge < -0.3 is 10.2 Å². The Morgan fingerprint density at radius 2 is 1.70 bits per heavy atom. The van der Waals surface area contributed by atoms with Crippen molar-refractivity contribution in [3.63, 3.8) is 0 Å². The van der Waals surface area contributed by atoms with Crippen LogP contribution in [0.5, 0.6) is 0 Å². The molecule has 0 radical (unpaired) electrons. The number of benzene rings is 2. The molecule has 1 N–H and O–H groups in total. The highest BCUT2D eigenvalue weighted by Crippen LogP contribution is 2.28. The minimum atomic E-state index is -0.0601. The number of carbonyl (C=O) groups excluding carboxylic acids is 2. The minimum Gasteiger partial charge on any atom is -0.369 e. The van der Waals surface area contributed by atoms with Gasteiger partial charge in [0.2, 0.25) is 5.91 Å². The molecule has 158 valence electrons. The van der Waals surface area contributed by atoms with E-state index in [1.54, 1.807) is 0 Å². The van der Waals surface area contributed by atoms with Crippen LogP contribution >= 0.6 is 0 Å². The Bertz CT molecular complexity index is 858. The predicted octanol–water partition coefficient (Wildman–Crippen LogP) is 3.95. The lowest BCUT2D eigenvalue weighted by Crippen LogP contribution is -2.45. The summed E-state index contributed by atoms with van der Waals surface area (Å²) in [5.74, 6) is 0.261. The summed E-state index contributed by atoms with van der Waals surface area (Å²) >= 11 is 0. The lowest BCUT2D eigenvalue weighted by molar-refractivity contribution is -0.128. The minimum absolute atomic E-state index is 0.00238. The van der Waals surface area contributed by atoms with E-state index < -0.39 is 0 Å². The van der Waals surface area contributed by atoms with E-state index in [1.807, 2.05) is 19.1 Å². The molecule has 2 fully saturated rings. The lowest BCUT2D eigenvalue weighted by Gasteiger charge is -2.36. The third-order valence-corrected chi connectivity index (χ3v) is 6.42. The highest BCUT2D eigenvalue weighted by atomic mass is 16.2. The van der Waals surface area contributed by atoms with Crippen molar-refractivity contribution < 1.29 is 9.59 Å². The van der Waals surface area contributed by atoms with E-state index in [1.165, 1.54) is 11.3 Å². The molecule has 1 saturated heterocycles. The van der Waals surface area contributed by atoms with Crippen molar-refractivity contribution >= 4 is 23.1 Å². The smallest absolute Gasteiger partial charge is 0.227 e. The predicted molar refractivity (Wildman–Crippen MR) is 121 cm³/mol. The highest BCUT2D eigenvalue weighted by Gasteiger charge is 2.30. The maximum Gasteiger partial charge on any atom is 0.227 e. The molecule has 0 aromatic heterocycles. The summed E-state index contributed by atoms with van der Waals surface area (Å²) in [5.41, 5.74) is 3.39. The second-order valence-electron chi connectivity index (χ2n) is 8.62. The van der Waals surface area contributed by atoms with E-state index in [4.69, 9.17) is 0 Å². The SMILES string of the molecule is C[C@H]1C[C@@H](C(=O)Nc2ccc(N3CCN(Cc4ccccc4)CC3)cc2)CCC1=O. The van der Waals surface area contributed by atoms with Crippen LogP contribution in [0.4, 0.5) is 11.4 Å². The summed E-state index contributed by atoms with van der Waals surface area (Å²) in [6, 6.07) is 18.8. The van der Waals surface area contributed by atoms with Gasteiger partial charge in [-0.2, -0.15) is 0 Å². The molecule has 30 heavy (non-hydrogen) atoms. The van der Waals surface area contributed by atoms with Gasteiger partial charge in [-0.3, -0.25) is 14.5 Å². The van der Waals surface area contributed by atoms with Crippen LogP contribution in [0.1, 0.15) is 31.7 Å². The third kappa shape index (κ3) is 5.08. The molecule has 1 saturated carbocycles. The van der Waals surface area contributed by atoms with Gasteiger partial charge in [0.05, 0.1) is 0 Å². The number of anilines is 2. The van der Waals surface area contributed by atoms with Gasteiger partial charge in [-0.1, -0.05) is 37.3 Å². The van der Waals surface area contributed by atoms with Crippen molar-refractivity contribution in [2.24, 2.45) is 11.8 Å². The summed E-state index contributed by atoms with van der Waals surface area (Å²) in [6.45, 7) is 7.04. The van der Waals surface area contributed by atoms with Crippen molar-refractivity contribution in [1.82, 2.24) is 4.90 Å². The van der Waals surface area contributed by atoms with Crippen molar-refractivity contribution in [1.29, 1.82) is 0 Å². The normalized spacial score (nSPS) is 22.7. The first-order valence-electron chi connectivity index (χ1n) is 11.0. The monoisotopic (exact) mass is 405 g/mol. The lowest BCUT2D eigenvalue weighted by atomic mass is 9.81. The van der Waals surface area contributed by atoms with Crippen LogP contribution in [0.25, 0.3) is 0 Å². The second kappa shape index (κ2) is 9.43. The maximum absolute atomic E-state index is 12.6. The average molecular weight is 406 g/mol. The molecule has 1 aliphatic heterocycles. The second-order valence-corrected chi connectivity index (χ2v) is 8.62. The van der Waals surface area contributed by atoms with Gasteiger partial charge in [0.15, 0.2) is 0 Å². The molecule has 0 unspecified atom stereocenters. The molecule has 1 heterocycles. The van der Waals surface area contributed by atoms with Crippen LogP contribution in [0.3, 0.4) is 0 Å². The van der Waals surface area contributed by atoms with Gasteiger partial charge in [0, 0.05) is 62.4 Å². The number of carbonyl (C=O) groups is 2. The third-order valence-electron chi connectivity index (χ3n) is 6.42. The number of ketones is 1. The number of hydrogen-bond acceptors (Lipinski definition) is 4. The van der Waals surface area contributed by atoms with E-state index in [9.17, 15) is 9.59 Å². The molecule has 2 aromatic rings. The number of nitrogens with one attached hydrogen (secondary N) is 1. The summed E-state index contributed by atoms with van der Waals surface area (Å²) < 4.78 is 0. The summed E-state index contributed by atoms with van der Waals surface area (Å²) in [6.07, 6.45) is 1.85. The number of piperazine rings is 1. The maximum atomic E-state index is 12.6. The van der Waals surface area contributed by atoms with E-state index in [-0.39, 0.29) is 23.5 Å². The molecular formula is C25H31N3O2.